The van der Waals surface area contributed by atoms with E-state index in [9.17, 15) is 0 Å². The second-order valence-electron chi connectivity index (χ2n) is 9.32. The molecule has 1 aromatic rings. The lowest BCUT2D eigenvalue weighted by Gasteiger charge is -2.27. The largest absolute Gasteiger partial charge is 0.497 e. The molecule has 2 aliphatic heterocycles. The minimum absolute atomic E-state index is 0.136. The Labute approximate surface area is 246 Å². The quantitative estimate of drug-likeness (QED) is 0.168. The van der Waals surface area contributed by atoms with E-state index in [-0.39, 0.29) is 6.04 Å². The SMILES string of the molecule is CN/C=C\C(=C/CN=N/C(C)=N/N=c1\cc(OC)ccn1C)C1CN2C=CN(C)/C2=N\N=C(/C)N=NCN(C)/C=C\N1. The lowest BCUT2D eigenvalue weighted by atomic mass is 10.1. The van der Waals surface area contributed by atoms with Crippen molar-refractivity contribution in [3.05, 3.63) is 72.5 Å². The van der Waals surface area contributed by atoms with Gasteiger partial charge in [-0.15, -0.1) is 30.6 Å². The van der Waals surface area contributed by atoms with Crippen molar-refractivity contribution >= 4 is 17.6 Å². The molecular formula is C27H40N14O. The van der Waals surface area contributed by atoms with Gasteiger partial charge in [0.1, 0.15) is 12.4 Å². The van der Waals surface area contributed by atoms with Crippen LogP contribution < -0.4 is 20.9 Å². The van der Waals surface area contributed by atoms with Crippen LogP contribution in [0.15, 0.2) is 108 Å². The van der Waals surface area contributed by atoms with E-state index in [2.05, 4.69) is 51.5 Å². The van der Waals surface area contributed by atoms with Crippen molar-refractivity contribution in [3.63, 3.8) is 0 Å². The molecule has 42 heavy (non-hydrogen) atoms. The van der Waals surface area contributed by atoms with E-state index in [0.29, 0.717) is 48.6 Å². The number of methoxy groups -OCH3 is 1. The number of pyridine rings is 1. The zero-order valence-corrected chi connectivity index (χ0v) is 25.2. The van der Waals surface area contributed by atoms with Crippen molar-refractivity contribution in [2.45, 2.75) is 19.9 Å². The number of aryl methyl sites for hydroxylation is 1. The fourth-order valence-electron chi connectivity index (χ4n) is 3.65. The van der Waals surface area contributed by atoms with Crippen molar-refractivity contribution in [3.8, 4) is 5.75 Å². The van der Waals surface area contributed by atoms with Gasteiger partial charge in [-0.25, -0.2) is 0 Å². The number of amidine groups is 2. The maximum Gasteiger partial charge on any atom is 0.229 e. The Morgan fingerprint density at radius 3 is 2.83 bits per heavy atom. The maximum absolute atomic E-state index is 5.26. The maximum atomic E-state index is 5.26. The molecule has 1 unspecified atom stereocenters. The molecule has 2 aliphatic rings. The van der Waals surface area contributed by atoms with Gasteiger partial charge < -0.3 is 34.6 Å². The zero-order valence-electron chi connectivity index (χ0n) is 25.2. The van der Waals surface area contributed by atoms with Crippen LogP contribution >= 0.6 is 0 Å². The molecule has 0 saturated carbocycles. The van der Waals surface area contributed by atoms with Gasteiger partial charge in [0.05, 0.1) is 19.7 Å². The van der Waals surface area contributed by atoms with Crippen LogP contribution in [0.1, 0.15) is 13.8 Å². The molecule has 0 fully saturated rings. The lowest BCUT2D eigenvalue weighted by Crippen LogP contribution is -2.42. The average Bonchev–Trinajstić information content (AvgIpc) is 3.32. The predicted molar refractivity (Wildman–Crippen MR) is 164 cm³/mol. The van der Waals surface area contributed by atoms with E-state index in [1.165, 1.54) is 0 Å². The van der Waals surface area contributed by atoms with Gasteiger partial charge in [0, 0.05) is 71.8 Å². The molecular weight excluding hydrogens is 536 g/mol. The molecule has 1 aromatic heterocycles. The molecule has 2 N–H and O–H groups in total. The second-order valence-corrected chi connectivity index (χ2v) is 9.32. The Kier molecular flexibility index (Phi) is 12.2. The number of rotatable bonds is 7. The van der Waals surface area contributed by atoms with E-state index in [1.807, 2.05) is 103 Å². The topological polar surface area (TPSA) is 147 Å². The minimum atomic E-state index is -0.136. The summed E-state index contributed by atoms with van der Waals surface area (Å²) in [6.07, 6.45) is 15.5. The summed E-state index contributed by atoms with van der Waals surface area (Å²) in [6.45, 7) is 4.80. The Morgan fingerprint density at radius 2 is 2.05 bits per heavy atom. The zero-order chi connectivity index (χ0) is 30.3. The lowest BCUT2D eigenvalue weighted by molar-refractivity contribution is 0.412. The van der Waals surface area contributed by atoms with Gasteiger partial charge >= 0.3 is 0 Å². The monoisotopic (exact) mass is 576 g/mol. The summed E-state index contributed by atoms with van der Waals surface area (Å²) in [7, 11) is 9.19. The van der Waals surface area contributed by atoms with E-state index >= 15 is 0 Å². The molecule has 0 saturated heterocycles. The Bertz CT molecular complexity index is 1400. The van der Waals surface area contributed by atoms with Gasteiger partial charge in [-0.05, 0) is 37.8 Å². The van der Waals surface area contributed by atoms with Crippen LogP contribution in [0, 0.1) is 0 Å². The van der Waals surface area contributed by atoms with Crippen LogP contribution in [0.5, 0.6) is 5.75 Å². The van der Waals surface area contributed by atoms with Crippen LogP contribution in [0.3, 0.4) is 0 Å². The molecule has 3 rings (SSSR count). The molecule has 0 amide bonds. The molecule has 0 aliphatic carbocycles. The number of guanidine groups is 1. The highest BCUT2D eigenvalue weighted by atomic mass is 16.5. The van der Waals surface area contributed by atoms with E-state index in [1.54, 1.807) is 27.0 Å². The molecule has 15 heteroatoms. The van der Waals surface area contributed by atoms with Gasteiger partial charge in [-0.1, -0.05) is 6.08 Å². The highest BCUT2D eigenvalue weighted by molar-refractivity contribution is 5.86. The van der Waals surface area contributed by atoms with Crippen molar-refractivity contribution in [1.29, 1.82) is 0 Å². The van der Waals surface area contributed by atoms with Gasteiger partial charge in [0.15, 0.2) is 17.2 Å². The molecule has 0 radical (unpaired) electrons. The fourth-order valence-corrected chi connectivity index (χ4v) is 3.65. The summed E-state index contributed by atoms with van der Waals surface area (Å²) < 4.78 is 7.10. The summed E-state index contributed by atoms with van der Waals surface area (Å²) in [4.78, 5) is 5.83. The summed E-state index contributed by atoms with van der Waals surface area (Å²) >= 11 is 0. The smallest absolute Gasteiger partial charge is 0.229 e. The third-order valence-corrected chi connectivity index (χ3v) is 5.93. The number of hydrogen-bond donors (Lipinski definition) is 2. The summed E-state index contributed by atoms with van der Waals surface area (Å²) in [6, 6.07) is 3.51. The number of nitrogens with zero attached hydrogens (tertiary/aromatic N) is 12. The number of fused-ring (bicyclic) bond motifs is 1. The van der Waals surface area contributed by atoms with Crippen molar-refractivity contribution in [2.75, 3.05) is 48.0 Å². The third-order valence-electron chi connectivity index (χ3n) is 5.93. The highest BCUT2D eigenvalue weighted by Crippen LogP contribution is 2.14. The summed E-state index contributed by atoms with van der Waals surface area (Å²) in [5, 5.41) is 40.5. The first kappa shape index (κ1) is 31.4. The van der Waals surface area contributed by atoms with E-state index < -0.39 is 0 Å². The molecule has 1 atom stereocenters. The average molecular weight is 577 g/mol. The van der Waals surface area contributed by atoms with Gasteiger partial charge in [-0.3, -0.25) is 0 Å². The Morgan fingerprint density at radius 1 is 1.21 bits per heavy atom. The molecule has 0 spiro atoms. The van der Waals surface area contributed by atoms with Crippen molar-refractivity contribution in [2.24, 2.45) is 47.9 Å². The number of aromatic nitrogens is 1. The van der Waals surface area contributed by atoms with E-state index in [0.717, 1.165) is 5.57 Å². The first-order chi connectivity index (χ1) is 20.3. The predicted octanol–water partition coefficient (Wildman–Crippen LogP) is 2.57. The molecule has 0 bridgehead atoms. The third kappa shape index (κ3) is 9.83. The number of nitrogens with one attached hydrogen (secondary N) is 2. The molecule has 15 nitrogen and oxygen atoms in total. The summed E-state index contributed by atoms with van der Waals surface area (Å²) in [5.41, 5.74) is 1.63. The Balaban J connectivity index is 1.84. The fraction of sp³-hybridized carbons (Fsp3) is 0.407. The van der Waals surface area contributed by atoms with Gasteiger partial charge in [0.2, 0.25) is 5.96 Å². The highest BCUT2D eigenvalue weighted by Gasteiger charge is 2.23. The van der Waals surface area contributed by atoms with Crippen LogP contribution in [0.25, 0.3) is 0 Å². The van der Waals surface area contributed by atoms with Crippen LogP contribution in [0.2, 0.25) is 0 Å². The van der Waals surface area contributed by atoms with Crippen molar-refractivity contribution < 1.29 is 4.74 Å². The minimum Gasteiger partial charge on any atom is -0.497 e. The first-order valence-corrected chi connectivity index (χ1v) is 13.3. The number of ether oxygens (including phenoxy) is 1. The van der Waals surface area contributed by atoms with Crippen LogP contribution in [-0.4, -0.2) is 91.0 Å². The van der Waals surface area contributed by atoms with Gasteiger partial charge in [-0.2, -0.15) is 10.2 Å². The Hall–Kier alpha value is -5.08. The van der Waals surface area contributed by atoms with Crippen molar-refractivity contribution in [1.82, 2.24) is 29.9 Å². The number of hydrogen-bond acceptors (Lipinski definition) is 13. The molecule has 3 heterocycles. The second kappa shape index (κ2) is 16.2. The standard InChI is InChI=1S/C27H40N14O/c1-21(34-36-26-18-24(42-7)10-14-39(26)5)32-30-12-9-23(8-11-28-3)25-19-41-17-16-40(6)27(41)37-35-22(2)33-31-20-38(4)15-13-29-25/h8-11,13-18,25,28-29H,12,19-20H2,1-7H3/b11-8-,15-13-,23-9+,32-30?,33-31?,34-21+,35-22+,36-26+,37-27+. The van der Waals surface area contributed by atoms with Crippen LogP contribution in [0.4, 0.5) is 0 Å². The van der Waals surface area contributed by atoms with Gasteiger partial charge in [0.25, 0.3) is 0 Å². The first-order valence-electron chi connectivity index (χ1n) is 13.3. The summed E-state index contributed by atoms with van der Waals surface area (Å²) in [5.74, 6) is 2.27. The van der Waals surface area contributed by atoms with E-state index in [4.69, 9.17) is 4.74 Å². The number of azo groups is 2. The molecule has 224 valence electrons. The molecule has 0 aromatic carbocycles. The van der Waals surface area contributed by atoms with Crippen LogP contribution in [-0.2, 0) is 7.05 Å². The normalized spacial score (nSPS) is 22.5.